The van der Waals surface area contributed by atoms with Gasteiger partial charge in [0.05, 0.1) is 17.5 Å². The number of amides is 1. The number of halogens is 1. The molecule has 2 aromatic heterocycles. The van der Waals surface area contributed by atoms with Crippen molar-refractivity contribution in [3.8, 4) is 0 Å². The lowest BCUT2D eigenvalue weighted by molar-refractivity contribution is 0.0950. The van der Waals surface area contributed by atoms with E-state index in [2.05, 4.69) is 10.4 Å². The molecule has 18 heavy (non-hydrogen) atoms. The normalized spacial score (nSPS) is 10.7. The molecule has 2 rings (SSSR count). The van der Waals surface area contributed by atoms with Gasteiger partial charge in [-0.15, -0.1) is 0 Å². The minimum Gasteiger partial charge on any atom is -0.452 e. The van der Waals surface area contributed by atoms with E-state index < -0.39 is 0 Å². The van der Waals surface area contributed by atoms with Crippen LogP contribution in [0.4, 0.5) is 0 Å². The Hall–Kier alpha value is -1.75. The molecule has 5 nitrogen and oxygen atoms in total. The average Bonchev–Trinajstić information content (AvgIpc) is 2.83. The Morgan fingerprint density at radius 2 is 2.28 bits per heavy atom. The van der Waals surface area contributed by atoms with Crippen molar-refractivity contribution in [2.45, 2.75) is 20.4 Å². The number of carbonyl (C=O) groups excluding carboxylic acids is 1. The highest BCUT2D eigenvalue weighted by atomic mass is 35.5. The predicted molar refractivity (Wildman–Crippen MR) is 67.6 cm³/mol. The molecule has 0 aromatic carbocycles. The third-order valence-electron chi connectivity index (χ3n) is 2.95. The first-order valence-corrected chi connectivity index (χ1v) is 5.88. The van der Waals surface area contributed by atoms with E-state index in [1.807, 2.05) is 20.9 Å². The Morgan fingerprint density at radius 3 is 2.78 bits per heavy atom. The van der Waals surface area contributed by atoms with E-state index in [1.165, 1.54) is 6.26 Å². The molecule has 0 fully saturated rings. The highest BCUT2D eigenvalue weighted by Gasteiger charge is 2.15. The third-order valence-corrected chi connectivity index (χ3v) is 3.24. The quantitative estimate of drug-likeness (QED) is 0.928. The van der Waals surface area contributed by atoms with Gasteiger partial charge in [0.2, 0.25) is 5.22 Å². The number of nitrogens with one attached hydrogen (secondary N) is 1. The first kappa shape index (κ1) is 12.7. The van der Waals surface area contributed by atoms with Gasteiger partial charge in [0.25, 0.3) is 5.91 Å². The number of hydrogen-bond acceptors (Lipinski definition) is 3. The maximum Gasteiger partial charge on any atom is 0.256 e. The number of aryl methyl sites for hydroxylation is 2. The Bertz CT molecular complexity index is 586. The van der Waals surface area contributed by atoms with Crippen LogP contribution in [-0.4, -0.2) is 15.7 Å². The van der Waals surface area contributed by atoms with E-state index in [0.29, 0.717) is 12.1 Å². The van der Waals surface area contributed by atoms with E-state index in [4.69, 9.17) is 16.0 Å². The van der Waals surface area contributed by atoms with E-state index in [9.17, 15) is 4.79 Å². The molecule has 1 N–H and O–H groups in total. The van der Waals surface area contributed by atoms with Crippen molar-refractivity contribution in [2.75, 3.05) is 0 Å². The molecule has 0 radical (unpaired) electrons. The molecule has 0 aliphatic carbocycles. The third kappa shape index (κ3) is 2.26. The van der Waals surface area contributed by atoms with Crippen molar-refractivity contribution < 1.29 is 9.21 Å². The topological polar surface area (TPSA) is 60.1 Å². The molecule has 0 saturated carbocycles. The number of carbonyl (C=O) groups is 1. The zero-order valence-corrected chi connectivity index (χ0v) is 11.2. The monoisotopic (exact) mass is 267 g/mol. The van der Waals surface area contributed by atoms with Gasteiger partial charge < -0.3 is 9.73 Å². The summed E-state index contributed by atoms with van der Waals surface area (Å²) in [7, 11) is 1.88. The fourth-order valence-corrected chi connectivity index (χ4v) is 1.99. The molecule has 0 saturated heterocycles. The number of aromatic nitrogens is 2. The van der Waals surface area contributed by atoms with Crippen LogP contribution in [-0.2, 0) is 13.6 Å². The van der Waals surface area contributed by atoms with Gasteiger partial charge in [0, 0.05) is 24.8 Å². The lowest BCUT2D eigenvalue weighted by Gasteiger charge is -2.04. The summed E-state index contributed by atoms with van der Waals surface area (Å²) in [6, 6.07) is 1.54. The Balaban J connectivity index is 2.09. The maximum atomic E-state index is 11.8. The van der Waals surface area contributed by atoms with Crippen molar-refractivity contribution in [3.63, 3.8) is 0 Å². The minimum absolute atomic E-state index is 0.104. The van der Waals surface area contributed by atoms with Gasteiger partial charge in [0.15, 0.2) is 0 Å². The zero-order chi connectivity index (χ0) is 13.3. The van der Waals surface area contributed by atoms with Crippen LogP contribution in [0.1, 0.15) is 27.3 Å². The summed E-state index contributed by atoms with van der Waals surface area (Å²) in [5.41, 5.74) is 3.31. The van der Waals surface area contributed by atoms with Gasteiger partial charge in [0.1, 0.15) is 0 Å². The second kappa shape index (κ2) is 4.86. The molecule has 96 valence electrons. The van der Waals surface area contributed by atoms with E-state index in [1.54, 1.807) is 10.7 Å². The van der Waals surface area contributed by atoms with Crippen LogP contribution in [0.5, 0.6) is 0 Å². The molecule has 0 atom stereocenters. The van der Waals surface area contributed by atoms with Crippen LogP contribution >= 0.6 is 11.6 Å². The van der Waals surface area contributed by atoms with Crippen LogP contribution in [0.25, 0.3) is 0 Å². The van der Waals surface area contributed by atoms with Gasteiger partial charge in [-0.1, -0.05) is 0 Å². The second-order valence-corrected chi connectivity index (χ2v) is 4.41. The minimum atomic E-state index is -0.253. The number of rotatable bonds is 3. The highest BCUT2D eigenvalue weighted by Crippen LogP contribution is 2.17. The van der Waals surface area contributed by atoms with Gasteiger partial charge in [-0.05, 0) is 31.5 Å². The molecule has 0 unspecified atom stereocenters. The van der Waals surface area contributed by atoms with Crippen LogP contribution in [0, 0.1) is 13.8 Å². The van der Waals surface area contributed by atoms with E-state index in [-0.39, 0.29) is 11.1 Å². The standard InChI is InChI=1S/C12H14ClN3O2/c1-7-10(8(2)16(3)15-7)6-14-12(17)9-4-5-18-11(9)13/h4-5H,6H2,1-3H3,(H,14,17). The molecule has 1 amide bonds. The molecule has 2 aromatic rings. The highest BCUT2D eigenvalue weighted by molar-refractivity contribution is 6.32. The SMILES string of the molecule is Cc1nn(C)c(C)c1CNC(=O)c1ccoc1Cl. The molecule has 6 heteroatoms. The summed E-state index contributed by atoms with van der Waals surface area (Å²) < 4.78 is 6.67. The van der Waals surface area contributed by atoms with Crippen LogP contribution in [0.3, 0.4) is 0 Å². The summed E-state index contributed by atoms with van der Waals surface area (Å²) in [6.07, 6.45) is 1.39. The van der Waals surface area contributed by atoms with Crippen molar-refractivity contribution in [3.05, 3.63) is 40.1 Å². The van der Waals surface area contributed by atoms with E-state index in [0.717, 1.165) is 17.0 Å². The Morgan fingerprint density at radius 1 is 1.56 bits per heavy atom. The molecule has 0 aliphatic rings. The van der Waals surface area contributed by atoms with Crippen molar-refractivity contribution in [2.24, 2.45) is 7.05 Å². The first-order valence-electron chi connectivity index (χ1n) is 5.51. The van der Waals surface area contributed by atoms with Gasteiger partial charge in [-0.3, -0.25) is 9.48 Å². The number of furan rings is 1. The van der Waals surface area contributed by atoms with Gasteiger partial charge in [-0.25, -0.2) is 0 Å². The summed E-state index contributed by atoms with van der Waals surface area (Å²) in [4.78, 5) is 11.8. The predicted octanol–water partition coefficient (Wildman–Crippen LogP) is 2.21. The molecule has 0 aliphatic heterocycles. The fourth-order valence-electron chi connectivity index (χ4n) is 1.79. The lowest BCUT2D eigenvalue weighted by atomic mass is 10.2. The van der Waals surface area contributed by atoms with Crippen LogP contribution in [0.2, 0.25) is 5.22 Å². The maximum absolute atomic E-state index is 11.8. The van der Waals surface area contributed by atoms with Crippen LogP contribution in [0.15, 0.2) is 16.7 Å². The second-order valence-electron chi connectivity index (χ2n) is 4.06. The lowest BCUT2D eigenvalue weighted by Crippen LogP contribution is -2.23. The zero-order valence-electron chi connectivity index (χ0n) is 10.5. The summed E-state index contributed by atoms with van der Waals surface area (Å²) in [5, 5.41) is 7.19. The average molecular weight is 268 g/mol. The molecular formula is C12H14ClN3O2. The van der Waals surface area contributed by atoms with Crippen molar-refractivity contribution in [1.29, 1.82) is 0 Å². The van der Waals surface area contributed by atoms with Gasteiger partial charge >= 0.3 is 0 Å². The smallest absolute Gasteiger partial charge is 0.256 e. The fraction of sp³-hybridized carbons (Fsp3) is 0.333. The van der Waals surface area contributed by atoms with Crippen molar-refractivity contribution >= 4 is 17.5 Å². The first-order chi connectivity index (χ1) is 8.50. The van der Waals surface area contributed by atoms with Crippen LogP contribution < -0.4 is 5.32 Å². The largest absolute Gasteiger partial charge is 0.452 e. The molecule has 2 heterocycles. The van der Waals surface area contributed by atoms with E-state index >= 15 is 0 Å². The summed E-state index contributed by atoms with van der Waals surface area (Å²) in [5.74, 6) is -0.253. The Labute approximate surface area is 110 Å². The van der Waals surface area contributed by atoms with Gasteiger partial charge in [-0.2, -0.15) is 5.10 Å². The van der Waals surface area contributed by atoms with Crippen molar-refractivity contribution in [1.82, 2.24) is 15.1 Å². The Kier molecular flexibility index (Phi) is 3.43. The molecule has 0 bridgehead atoms. The number of hydrogen-bond donors (Lipinski definition) is 1. The molecular weight excluding hydrogens is 254 g/mol. The summed E-state index contributed by atoms with van der Waals surface area (Å²) in [6.45, 7) is 4.30. The molecule has 0 spiro atoms. The number of nitrogens with zero attached hydrogens (tertiary/aromatic N) is 2. The summed E-state index contributed by atoms with van der Waals surface area (Å²) >= 11 is 5.74.